The van der Waals surface area contributed by atoms with Crippen LogP contribution in [0.3, 0.4) is 0 Å². The van der Waals surface area contributed by atoms with Gasteiger partial charge >= 0.3 is 12.0 Å². The number of amides is 2. The van der Waals surface area contributed by atoms with E-state index in [1.54, 1.807) is 31.9 Å². The van der Waals surface area contributed by atoms with Crippen LogP contribution >= 0.6 is 0 Å². The summed E-state index contributed by atoms with van der Waals surface area (Å²) in [7, 11) is 2.88. The van der Waals surface area contributed by atoms with E-state index >= 15 is 0 Å². The fourth-order valence-corrected chi connectivity index (χ4v) is 5.10. The van der Waals surface area contributed by atoms with E-state index in [9.17, 15) is 9.59 Å². The third kappa shape index (κ3) is 7.14. The lowest BCUT2D eigenvalue weighted by atomic mass is 10.2. The molecule has 2 aromatic carbocycles. The first-order chi connectivity index (χ1) is 22.7. The molecule has 2 atom stereocenters. The standard InChI is InChI=1S/C32H35N7O8/c1-32(2)46-26-23(14-34-31(41)35-15-24(40)43-4)45-30(27(26)47-32)39-18-38-25-28(36-17-37-29(25)39)33-13-19-5-11-22(12-6-19)44-16-20-7-9-21(42-3)10-8-20/h5-12,17-18,27,30H,13-16H2,1-4H3,(H,33,36,37)(H2,34,35,41)/t27?,30-/m1/s1. The molecule has 4 heterocycles. The molecular formula is C32H35N7O8. The molecule has 246 valence electrons. The number of carbonyl (C=O) groups excluding carboxylic acids is 2. The predicted molar refractivity (Wildman–Crippen MR) is 167 cm³/mol. The third-order valence-corrected chi connectivity index (χ3v) is 7.43. The van der Waals surface area contributed by atoms with Crippen molar-refractivity contribution in [1.29, 1.82) is 0 Å². The highest BCUT2D eigenvalue weighted by molar-refractivity contribution is 5.83. The van der Waals surface area contributed by atoms with E-state index in [0.717, 1.165) is 22.6 Å². The Morgan fingerprint density at radius 1 is 0.936 bits per heavy atom. The Morgan fingerprint density at radius 3 is 2.43 bits per heavy atom. The van der Waals surface area contributed by atoms with Crippen LogP contribution in [0.4, 0.5) is 10.6 Å². The molecule has 0 saturated carbocycles. The van der Waals surface area contributed by atoms with E-state index in [2.05, 4.69) is 35.6 Å². The van der Waals surface area contributed by atoms with Crippen LogP contribution in [0.2, 0.25) is 0 Å². The maximum Gasteiger partial charge on any atom is 0.325 e. The molecule has 0 spiro atoms. The first-order valence-corrected chi connectivity index (χ1v) is 14.8. The second-order valence-electron chi connectivity index (χ2n) is 11.1. The zero-order valence-corrected chi connectivity index (χ0v) is 26.3. The van der Waals surface area contributed by atoms with Crippen molar-refractivity contribution in [1.82, 2.24) is 30.2 Å². The van der Waals surface area contributed by atoms with Gasteiger partial charge in [-0.15, -0.1) is 0 Å². The fourth-order valence-electron chi connectivity index (χ4n) is 5.10. The molecule has 0 radical (unpaired) electrons. The van der Waals surface area contributed by atoms with E-state index in [1.165, 1.54) is 13.4 Å². The molecule has 1 saturated heterocycles. The number of fused-ring (bicyclic) bond motifs is 2. The van der Waals surface area contributed by atoms with Crippen molar-refractivity contribution in [2.45, 2.75) is 45.1 Å². The van der Waals surface area contributed by atoms with Gasteiger partial charge in [0.2, 0.25) is 12.0 Å². The Labute approximate surface area is 270 Å². The van der Waals surface area contributed by atoms with Crippen LogP contribution < -0.4 is 25.4 Å². The summed E-state index contributed by atoms with van der Waals surface area (Å²) in [6.07, 6.45) is 1.73. The lowest BCUT2D eigenvalue weighted by Gasteiger charge is -2.23. The number of ether oxygens (including phenoxy) is 6. The highest BCUT2D eigenvalue weighted by Gasteiger charge is 2.51. The SMILES string of the molecule is COC(=O)CNC(=O)NCC1=C2OC(C)(C)OC2[C@H](n2cnc3c(NCc4ccc(OCc5ccc(OC)cc5)cc4)ncnc32)O1. The van der Waals surface area contributed by atoms with Crippen molar-refractivity contribution in [3.63, 3.8) is 0 Å². The summed E-state index contributed by atoms with van der Waals surface area (Å²) < 4.78 is 35.8. The van der Waals surface area contributed by atoms with Gasteiger partial charge in [0.15, 0.2) is 34.6 Å². The van der Waals surface area contributed by atoms with E-state index in [1.807, 2.05) is 48.5 Å². The number of nitrogens with one attached hydrogen (secondary N) is 3. The number of carbonyl (C=O) groups is 2. The first kappa shape index (κ1) is 31.4. The molecule has 2 amide bonds. The van der Waals surface area contributed by atoms with Crippen LogP contribution in [0.5, 0.6) is 11.5 Å². The van der Waals surface area contributed by atoms with Crippen molar-refractivity contribution in [3.05, 3.63) is 83.8 Å². The second-order valence-corrected chi connectivity index (χ2v) is 11.1. The average molecular weight is 646 g/mol. The van der Waals surface area contributed by atoms with E-state index in [-0.39, 0.29) is 13.1 Å². The molecule has 1 unspecified atom stereocenters. The maximum atomic E-state index is 12.2. The molecule has 1 fully saturated rings. The van der Waals surface area contributed by atoms with Crippen molar-refractivity contribution in [2.75, 3.05) is 32.6 Å². The third-order valence-electron chi connectivity index (χ3n) is 7.43. The molecular weight excluding hydrogens is 610 g/mol. The largest absolute Gasteiger partial charge is 0.497 e. The fraction of sp³-hybridized carbons (Fsp3) is 0.344. The van der Waals surface area contributed by atoms with Crippen molar-refractivity contribution < 1.29 is 38.0 Å². The summed E-state index contributed by atoms with van der Waals surface area (Å²) in [5.74, 6) is 1.46. The van der Waals surface area contributed by atoms with Crippen LogP contribution in [0, 0.1) is 0 Å². The van der Waals surface area contributed by atoms with Gasteiger partial charge < -0.3 is 44.4 Å². The summed E-state index contributed by atoms with van der Waals surface area (Å²) in [5.41, 5.74) is 3.13. The molecule has 15 nitrogen and oxygen atoms in total. The molecule has 4 aromatic rings. The number of urea groups is 1. The summed E-state index contributed by atoms with van der Waals surface area (Å²) in [6, 6.07) is 15.0. The van der Waals surface area contributed by atoms with Gasteiger partial charge in [0.25, 0.3) is 0 Å². The quantitative estimate of drug-likeness (QED) is 0.192. The van der Waals surface area contributed by atoms with Crippen LogP contribution in [-0.4, -0.2) is 70.7 Å². The molecule has 6 rings (SSSR count). The van der Waals surface area contributed by atoms with Crippen LogP contribution in [0.25, 0.3) is 11.2 Å². The molecule has 0 bridgehead atoms. The first-order valence-electron chi connectivity index (χ1n) is 14.8. The second kappa shape index (κ2) is 13.4. The number of nitrogens with zero attached hydrogens (tertiary/aromatic N) is 4. The minimum atomic E-state index is -0.922. The number of hydrogen-bond acceptors (Lipinski definition) is 12. The molecule has 3 N–H and O–H groups in total. The highest BCUT2D eigenvalue weighted by Crippen LogP contribution is 2.45. The number of esters is 1. The van der Waals surface area contributed by atoms with Gasteiger partial charge in [-0.3, -0.25) is 9.36 Å². The molecule has 2 aliphatic heterocycles. The number of benzene rings is 2. The summed E-state index contributed by atoms with van der Waals surface area (Å²) in [4.78, 5) is 37.0. The Morgan fingerprint density at radius 2 is 1.68 bits per heavy atom. The Kier molecular flexibility index (Phi) is 8.97. The highest BCUT2D eigenvalue weighted by atomic mass is 16.8. The number of aromatic nitrogens is 4. The van der Waals surface area contributed by atoms with Gasteiger partial charge in [0.1, 0.15) is 37.3 Å². The lowest BCUT2D eigenvalue weighted by molar-refractivity contribution is -0.164. The van der Waals surface area contributed by atoms with Gasteiger partial charge in [0.05, 0.1) is 20.8 Å². The van der Waals surface area contributed by atoms with Gasteiger partial charge in [0, 0.05) is 20.4 Å². The lowest BCUT2D eigenvalue weighted by Crippen LogP contribution is -2.39. The number of imidazole rings is 1. The van der Waals surface area contributed by atoms with E-state index in [4.69, 9.17) is 23.7 Å². The van der Waals surface area contributed by atoms with Crippen LogP contribution in [0.15, 0.2) is 72.7 Å². The summed E-state index contributed by atoms with van der Waals surface area (Å²) >= 11 is 0. The number of methoxy groups -OCH3 is 2. The number of rotatable bonds is 12. The zero-order valence-electron chi connectivity index (χ0n) is 26.3. The summed E-state index contributed by atoms with van der Waals surface area (Å²) in [6.45, 7) is 4.25. The number of anilines is 1. The molecule has 15 heteroatoms. The van der Waals surface area contributed by atoms with Crippen LogP contribution in [-0.2, 0) is 36.9 Å². The van der Waals surface area contributed by atoms with Crippen molar-refractivity contribution in [3.8, 4) is 11.5 Å². The minimum Gasteiger partial charge on any atom is -0.497 e. The molecule has 2 aliphatic rings. The molecule has 0 aliphatic carbocycles. The van der Waals surface area contributed by atoms with E-state index < -0.39 is 30.1 Å². The molecule has 47 heavy (non-hydrogen) atoms. The van der Waals surface area contributed by atoms with Gasteiger partial charge in [-0.1, -0.05) is 24.3 Å². The predicted octanol–water partition coefficient (Wildman–Crippen LogP) is 3.39. The zero-order chi connectivity index (χ0) is 33.0. The normalized spacial score (nSPS) is 17.8. The Balaban J connectivity index is 1.10. The van der Waals surface area contributed by atoms with Gasteiger partial charge in [-0.05, 0) is 35.4 Å². The maximum absolute atomic E-state index is 12.2. The smallest absolute Gasteiger partial charge is 0.325 e. The number of hydrogen-bond donors (Lipinski definition) is 3. The Hall–Kier alpha value is -5.57. The van der Waals surface area contributed by atoms with Gasteiger partial charge in [-0.2, -0.15) is 0 Å². The molecule has 2 aromatic heterocycles. The van der Waals surface area contributed by atoms with Crippen molar-refractivity contribution >= 4 is 29.0 Å². The van der Waals surface area contributed by atoms with Crippen molar-refractivity contribution in [2.24, 2.45) is 0 Å². The monoisotopic (exact) mass is 645 g/mol. The summed E-state index contributed by atoms with van der Waals surface area (Å²) in [5, 5.41) is 8.43. The topological polar surface area (TPSA) is 169 Å². The average Bonchev–Trinajstić information content (AvgIpc) is 3.75. The Bertz CT molecular complexity index is 1770. The van der Waals surface area contributed by atoms with Gasteiger partial charge in [-0.25, -0.2) is 19.7 Å². The van der Waals surface area contributed by atoms with Crippen LogP contribution in [0.1, 0.15) is 31.2 Å². The minimum absolute atomic E-state index is 0.00545. The van der Waals surface area contributed by atoms with E-state index in [0.29, 0.717) is 41.7 Å².